The minimum atomic E-state index is -0.198. The first-order valence-electron chi connectivity index (χ1n) is 11.3. The van der Waals surface area contributed by atoms with Crippen molar-refractivity contribution in [2.24, 2.45) is 5.92 Å². The fourth-order valence-corrected chi connectivity index (χ4v) is 2.70. The van der Waals surface area contributed by atoms with Gasteiger partial charge in [0.25, 0.3) is 0 Å². The van der Waals surface area contributed by atoms with Crippen LogP contribution in [0.4, 0.5) is 0 Å². The van der Waals surface area contributed by atoms with Crippen molar-refractivity contribution in [3.63, 3.8) is 0 Å². The van der Waals surface area contributed by atoms with Crippen LogP contribution in [0.1, 0.15) is 66.2 Å². The lowest BCUT2D eigenvalue weighted by atomic mass is 9.99. The molecule has 0 aromatic heterocycles. The molecule has 6 heteroatoms. The van der Waals surface area contributed by atoms with Crippen LogP contribution in [0, 0.1) is 5.92 Å². The highest BCUT2D eigenvalue weighted by Crippen LogP contribution is 2.20. The Morgan fingerprint density at radius 2 is 1.04 bits per heavy atom. The van der Waals surface area contributed by atoms with Gasteiger partial charge in [-0.25, -0.2) is 0 Å². The second kappa shape index (κ2) is 23.0. The molecule has 0 radical (unpaired) electrons. The van der Waals surface area contributed by atoms with E-state index in [1.807, 2.05) is 6.92 Å². The molecule has 0 aliphatic carbocycles. The van der Waals surface area contributed by atoms with Crippen molar-refractivity contribution in [3.8, 4) is 0 Å². The zero-order chi connectivity index (χ0) is 20.7. The molecule has 0 aromatic carbocycles. The molecule has 0 spiro atoms. The van der Waals surface area contributed by atoms with Crippen LogP contribution in [0.3, 0.4) is 0 Å². The Kier molecular flexibility index (Phi) is 22.8. The fraction of sp³-hybridized carbons (Fsp3) is 1.00. The lowest BCUT2D eigenvalue weighted by molar-refractivity contribution is -0.187. The summed E-state index contributed by atoms with van der Waals surface area (Å²) in [5, 5.41) is 0. The normalized spacial score (nSPS) is 13.7. The summed E-state index contributed by atoms with van der Waals surface area (Å²) in [6, 6.07) is 0. The van der Waals surface area contributed by atoms with E-state index in [-0.39, 0.29) is 6.29 Å². The second-order valence-corrected chi connectivity index (χ2v) is 6.81. The molecule has 0 aliphatic rings. The predicted molar refractivity (Wildman–Crippen MR) is 113 cm³/mol. The van der Waals surface area contributed by atoms with Gasteiger partial charge in [0.1, 0.15) is 0 Å². The Labute approximate surface area is 173 Å². The Morgan fingerprint density at radius 3 is 1.54 bits per heavy atom. The van der Waals surface area contributed by atoms with Gasteiger partial charge in [0.15, 0.2) is 6.29 Å². The highest BCUT2D eigenvalue weighted by Gasteiger charge is 2.21. The molecule has 0 N–H and O–H groups in total. The monoisotopic (exact) mass is 406 g/mol. The van der Waals surface area contributed by atoms with Crippen molar-refractivity contribution < 1.29 is 28.4 Å². The first-order chi connectivity index (χ1) is 13.8. The predicted octanol–water partition coefficient (Wildman–Crippen LogP) is 4.45. The summed E-state index contributed by atoms with van der Waals surface area (Å²) in [6.45, 7) is 14.8. The topological polar surface area (TPSA) is 55.4 Å². The number of unbranched alkanes of at least 4 members (excludes halogenated alkanes) is 2. The van der Waals surface area contributed by atoms with Crippen LogP contribution in [-0.2, 0) is 28.4 Å². The molecule has 0 heterocycles. The summed E-state index contributed by atoms with van der Waals surface area (Å²) < 4.78 is 33.9. The average molecular weight is 407 g/mol. The minimum absolute atomic E-state index is 0.198. The molecule has 0 rings (SSSR count). The van der Waals surface area contributed by atoms with E-state index in [0.717, 1.165) is 38.9 Å². The van der Waals surface area contributed by atoms with Crippen molar-refractivity contribution in [1.82, 2.24) is 0 Å². The molecule has 0 aliphatic heterocycles. The molecule has 0 saturated carbocycles. The molecule has 2 atom stereocenters. The van der Waals surface area contributed by atoms with Crippen LogP contribution in [0.15, 0.2) is 0 Å². The number of ether oxygens (including phenoxy) is 6. The Hall–Kier alpha value is -0.240. The first kappa shape index (κ1) is 27.8. The average Bonchev–Trinajstić information content (AvgIpc) is 2.71. The smallest absolute Gasteiger partial charge is 0.160 e. The zero-order valence-corrected chi connectivity index (χ0v) is 18.9. The lowest BCUT2D eigenvalue weighted by Crippen LogP contribution is -2.30. The molecule has 0 fully saturated rings. The van der Waals surface area contributed by atoms with Gasteiger partial charge in [-0.3, -0.25) is 0 Å². The highest BCUT2D eigenvalue weighted by atomic mass is 16.7. The molecule has 0 amide bonds. The van der Waals surface area contributed by atoms with Crippen molar-refractivity contribution in [1.29, 1.82) is 0 Å². The summed E-state index contributed by atoms with van der Waals surface area (Å²) in [5.74, 6) is 0.403. The highest BCUT2D eigenvalue weighted by molar-refractivity contribution is 4.62. The van der Waals surface area contributed by atoms with Crippen molar-refractivity contribution in [2.45, 2.75) is 72.5 Å². The van der Waals surface area contributed by atoms with Crippen LogP contribution in [0.2, 0.25) is 0 Å². The van der Waals surface area contributed by atoms with Gasteiger partial charge in [0.05, 0.1) is 52.9 Å². The van der Waals surface area contributed by atoms with E-state index >= 15 is 0 Å². The molecule has 0 saturated heterocycles. The molecule has 2 unspecified atom stereocenters. The van der Waals surface area contributed by atoms with E-state index in [0.29, 0.717) is 58.8 Å². The number of hydrogen-bond acceptors (Lipinski definition) is 6. The summed E-state index contributed by atoms with van der Waals surface area (Å²) in [5.41, 5.74) is 0. The van der Waals surface area contributed by atoms with Gasteiger partial charge in [0, 0.05) is 19.1 Å². The zero-order valence-electron chi connectivity index (χ0n) is 18.9. The van der Waals surface area contributed by atoms with E-state index in [4.69, 9.17) is 28.4 Å². The van der Waals surface area contributed by atoms with E-state index in [9.17, 15) is 0 Å². The maximum atomic E-state index is 6.01. The second-order valence-electron chi connectivity index (χ2n) is 6.81. The number of hydrogen-bond donors (Lipinski definition) is 0. The Balaban J connectivity index is 3.99. The van der Waals surface area contributed by atoms with Crippen molar-refractivity contribution in [2.75, 3.05) is 66.1 Å². The summed E-state index contributed by atoms with van der Waals surface area (Å²) >= 11 is 0. The molecule has 0 aromatic rings. The van der Waals surface area contributed by atoms with E-state index in [1.54, 1.807) is 0 Å². The van der Waals surface area contributed by atoms with Gasteiger partial charge >= 0.3 is 0 Å². The first-order valence-corrected chi connectivity index (χ1v) is 11.3. The van der Waals surface area contributed by atoms with Gasteiger partial charge in [-0.15, -0.1) is 0 Å². The molecular weight excluding hydrogens is 360 g/mol. The Bertz CT molecular complexity index is 290. The standard InChI is InChI=1S/C22H46O6/c1-5-9-11-21(7-3)22(27-19-17-25-14-13-23-8-4)28-20-18-26-16-15-24-12-10-6-2/h21-22H,5-20H2,1-4H3. The minimum Gasteiger partial charge on any atom is -0.379 e. The molecule has 0 bridgehead atoms. The van der Waals surface area contributed by atoms with Crippen LogP contribution >= 0.6 is 0 Å². The van der Waals surface area contributed by atoms with Crippen LogP contribution in [-0.4, -0.2) is 72.4 Å². The maximum absolute atomic E-state index is 6.01. The molecular formula is C22H46O6. The van der Waals surface area contributed by atoms with Crippen molar-refractivity contribution in [3.05, 3.63) is 0 Å². The van der Waals surface area contributed by atoms with Crippen LogP contribution < -0.4 is 0 Å². The van der Waals surface area contributed by atoms with Gasteiger partial charge in [-0.1, -0.05) is 40.0 Å². The largest absolute Gasteiger partial charge is 0.379 e. The lowest BCUT2D eigenvalue weighted by Gasteiger charge is -2.26. The SMILES string of the molecule is CCCCOCCOCCOC(OCCOCCOCC)C(CC)CCCC. The van der Waals surface area contributed by atoms with Crippen LogP contribution in [0.5, 0.6) is 0 Å². The summed E-state index contributed by atoms with van der Waals surface area (Å²) in [7, 11) is 0. The summed E-state index contributed by atoms with van der Waals surface area (Å²) in [6.07, 6.45) is 6.61. The Morgan fingerprint density at radius 1 is 0.536 bits per heavy atom. The van der Waals surface area contributed by atoms with Gasteiger partial charge < -0.3 is 28.4 Å². The van der Waals surface area contributed by atoms with Gasteiger partial charge in [-0.05, 0) is 26.2 Å². The van der Waals surface area contributed by atoms with E-state index < -0.39 is 0 Å². The van der Waals surface area contributed by atoms with Gasteiger partial charge in [-0.2, -0.15) is 0 Å². The molecule has 28 heavy (non-hydrogen) atoms. The maximum Gasteiger partial charge on any atom is 0.160 e. The number of rotatable bonds is 23. The molecule has 6 nitrogen and oxygen atoms in total. The van der Waals surface area contributed by atoms with Gasteiger partial charge in [0.2, 0.25) is 0 Å². The van der Waals surface area contributed by atoms with Crippen molar-refractivity contribution >= 4 is 0 Å². The third kappa shape index (κ3) is 17.8. The van der Waals surface area contributed by atoms with E-state index in [1.165, 1.54) is 12.8 Å². The molecule has 170 valence electrons. The third-order valence-electron chi connectivity index (χ3n) is 4.45. The quantitative estimate of drug-likeness (QED) is 0.185. The van der Waals surface area contributed by atoms with Crippen LogP contribution in [0.25, 0.3) is 0 Å². The van der Waals surface area contributed by atoms with E-state index in [2.05, 4.69) is 20.8 Å². The third-order valence-corrected chi connectivity index (χ3v) is 4.45. The summed E-state index contributed by atoms with van der Waals surface area (Å²) in [4.78, 5) is 0. The fourth-order valence-electron chi connectivity index (χ4n) is 2.70.